The second-order valence-electron chi connectivity index (χ2n) is 6.01. The number of hydrogen-bond donors (Lipinski definition) is 0. The summed E-state index contributed by atoms with van der Waals surface area (Å²) >= 11 is 6.17. The van der Waals surface area contributed by atoms with Crippen LogP contribution in [0.4, 0.5) is 4.79 Å². The quantitative estimate of drug-likeness (QED) is 0.820. The zero-order chi connectivity index (χ0) is 18.4. The van der Waals surface area contributed by atoms with Gasteiger partial charge in [0.1, 0.15) is 5.75 Å². The molecule has 1 saturated heterocycles. The number of hydrogen-bond acceptors (Lipinski definition) is 4. The van der Waals surface area contributed by atoms with Crippen molar-refractivity contribution in [2.24, 2.45) is 0 Å². The molecular formula is C18H25ClN2O4. The van der Waals surface area contributed by atoms with Crippen molar-refractivity contribution in [1.82, 2.24) is 9.80 Å². The van der Waals surface area contributed by atoms with Crippen molar-refractivity contribution in [3.05, 3.63) is 28.3 Å². The van der Waals surface area contributed by atoms with Crippen molar-refractivity contribution in [3.8, 4) is 5.75 Å². The minimum absolute atomic E-state index is 0.0371. The Labute approximate surface area is 153 Å². The number of halogens is 1. The fraction of sp³-hybridized carbons (Fsp3) is 0.556. The molecule has 1 aromatic carbocycles. The van der Waals surface area contributed by atoms with Crippen molar-refractivity contribution in [1.29, 1.82) is 0 Å². The smallest absolute Gasteiger partial charge is 0.409 e. The van der Waals surface area contributed by atoms with Gasteiger partial charge in [-0.2, -0.15) is 0 Å². The van der Waals surface area contributed by atoms with Crippen LogP contribution >= 0.6 is 11.6 Å². The number of benzene rings is 1. The van der Waals surface area contributed by atoms with Crippen molar-refractivity contribution >= 4 is 23.6 Å². The summed E-state index contributed by atoms with van der Waals surface area (Å²) in [5, 5.41) is 0.500. The summed E-state index contributed by atoms with van der Waals surface area (Å²) in [7, 11) is 1.57. The van der Waals surface area contributed by atoms with Gasteiger partial charge in [-0.3, -0.25) is 4.79 Å². The highest BCUT2D eigenvalue weighted by molar-refractivity contribution is 6.32. The van der Waals surface area contributed by atoms with Crippen LogP contribution in [0.2, 0.25) is 5.02 Å². The zero-order valence-electron chi connectivity index (χ0n) is 15.0. The molecular weight excluding hydrogens is 344 g/mol. The predicted octanol–water partition coefficient (Wildman–Crippen LogP) is 2.89. The Morgan fingerprint density at radius 1 is 1.16 bits per heavy atom. The predicted molar refractivity (Wildman–Crippen MR) is 96.2 cm³/mol. The molecule has 0 N–H and O–H groups in total. The van der Waals surface area contributed by atoms with E-state index in [1.54, 1.807) is 29.9 Å². The molecule has 0 atom stereocenters. The lowest BCUT2D eigenvalue weighted by molar-refractivity contribution is -0.130. The number of methoxy groups -OCH3 is 1. The Balaban J connectivity index is 1.99. The number of aryl methyl sites for hydroxylation is 1. The fourth-order valence-electron chi connectivity index (χ4n) is 2.88. The molecule has 1 aliphatic heterocycles. The van der Waals surface area contributed by atoms with E-state index in [0.29, 0.717) is 43.6 Å². The Kier molecular flexibility index (Phi) is 6.93. The minimum atomic E-state index is -0.311. The van der Waals surface area contributed by atoms with Crippen LogP contribution in [0.5, 0.6) is 5.75 Å². The topological polar surface area (TPSA) is 59.1 Å². The van der Waals surface area contributed by atoms with Crippen LogP contribution in [0.1, 0.15) is 24.5 Å². The van der Waals surface area contributed by atoms with Gasteiger partial charge in [-0.1, -0.05) is 11.6 Å². The first kappa shape index (κ1) is 19.4. The van der Waals surface area contributed by atoms with Gasteiger partial charge in [0.2, 0.25) is 5.91 Å². The number of nitrogens with zero attached hydrogens (tertiary/aromatic N) is 2. The summed E-state index contributed by atoms with van der Waals surface area (Å²) in [5.41, 5.74) is 1.86. The molecule has 2 rings (SSSR count). The third kappa shape index (κ3) is 5.01. The molecule has 1 fully saturated rings. The van der Waals surface area contributed by atoms with Crippen LogP contribution in [0.3, 0.4) is 0 Å². The maximum atomic E-state index is 12.7. The lowest BCUT2D eigenvalue weighted by atomic mass is 10.0. The summed E-state index contributed by atoms with van der Waals surface area (Å²) in [6.45, 7) is 6.33. The zero-order valence-corrected chi connectivity index (χ0v) is 15.8. The summed E-state index contributed by atoms with van der Waals surface area (Å²) in [5.74, 6) is 0.644. The van der Waals surface area contributed by atoms with Gasteiger partial charge in [0, 0.05) is 26.2 Å². The normalized spacial score (nSPS) is 14.9. The van der Waals surface area contributed by atoms with E-state index >= 15 is 0 Å². The molecule has 138 valence electrons. The second-order valence-corrected chi connectivity index (χ2v) is 6.42. The summed E-state index contributed by atoms with van der Waals surface area (Å²) in [6, 6.07) is 3.63. The van der Waals surface area contributed by atoms with E-state index in [4.69, 9.17) is 21.1 Å². The lowest BCUT2D eigenvalue weighted by Crippen LogP contribution is -2.38. The minimum Gasteiger partial charge on any atom is -0.495 e. The molecule has 0 saturated carbocycles. The molecule has 6 nitrogen and oxygen atoms in total. The third-order valence-electron chi connectivity index (χ3n) is 4.33. The van der Waals surface area contributed by atoms with Crippen LogP contribution in [0.25, 0.3) is 0 Å². The van der Waals surface area contributed by atoms with Crippen LogP contribution in [-0.4, -0.2) is 61.7 Å². The Morgan fingerprint density at radius 2 is 1.84 bits per heavy atom. The molecule has 1 aromatic rings. The van der Waals surface area contributed by atoms with E-state index in [-0.39, 0.29) is 18.4 Å². The van der Waals surface area contributed by atoms with E-state index in [0.717, 1.165) is 17.5 Å². The van der Waals surface area contributed by atoms with Crippen molar-refractivity contribution in [3.63, 3.8) is 0 Å². The Bertz CT molecular complexity index is 636. The highest BCUT2D eigenvalue weighted by atomic mass is 35.5. The molecule has 1 heterocycles. The highest BCUT2D eigenvalue weighted by Gasteiger charge is 2.23. The van der Waals surface area contributed by atoms with Gasteiger partial charge < -0.3 is 19.3 Å². The van der Waals surface area contributed by atoms with Crippen LogP contribution in [-0.2, 0) is 16.0 Å². The van der Waals surface area contributed by atoms with E-state index in [9.17, 15) is 9.59 Å². The molecule has 25 heavy (non-hydrogen) atoms. The Morgan fingerprint density at radius 3 is 2.52 bits per heavy atom. The maximum absolute atomic E-state index is 12.7. The van der Waals surface area contributed by atoms with Crippen LogP contribution < -0.4 is 4.74 Å². The first-order chi connectivity index (χ1) is 12.0. The second kappa shape index (κ2) is 8.94. The monoisotopic (exact) mass is 368 g/mol. The average molecular weight is 369 g/mol. The molecule has 0 radical (unpaired) electrons. The number of rotatable bonds is 4. The number of ether oxygens (including phenoxy) is 2. The van der Waals surface area contributed by atoms with Crippen LogP contribution in [0, 0.1) is 6.92 Å². The van der Waals surface area contributed by atoms with E-state index in [2.05, 4.69) is 0 Å². The van der Waals surface area contributed by atoms with Gasteiger partial charge in [-0.15, -0.1) is 0 Å². The van der Waals surface area contributed by atoms with E-state index in [1.165, 1.54) is 0 Å². The molecule has 0 bridgehead atoms. The Hall–Kier alpha value is -1.95. The van der Waals surface area contributed by atoms with Gasteiger partial charge >= 0.3 is 6.09 Å². The fourth-order valence-corrected chi connectivity index (χ4v) is 3.15. The molecule has 2 amide bonds. The molecule has 0 unspecified atom stereocenters. The standard InChI is InChI=1S/C18H25ClN2O4/c1-4-25-18(23)21-7-5-6-20(8-9-21)17(22)12-14-11-15(19)16(24-3)10-13(14)2/h10-11H,4-9,12H2,1-3H3. The number of carbonyl (C=O) groups is 2. The van der Waals surface area contributed by atoms with Crippen molar-refractivity contribution in [2.75, 3.05) is 39.9 Å². The largest absolute Gasteiger partial charge is 0.495 e. The molecule has 0 aliphatic carbocycles. The number of amides is 2. The van der Waals surface area contributed by atoms with Gasteiger partial charge in [-0.25, -0.2) is 4.79 Å². The van der Waals surface area contributed by atoms with Crippen molar-refractivity contribution in [2.45, 2.75) is 26.7 Å². The average Bonchev–Trinajstić information content (AvgIpc) is 2.84. The van der Waals surface area contributed by atoms with E-state index < -0.39 is 0 Å². The third-order valence-corrected chi connectivity index (χ3v) is 4.62. The molecule has 0 aromatic heterocycles. The van der Waals surface area contributed by atoms with Gasteiger partial charge in [0.05, 0.1) is 25.2 Å². The highest BCUT2D eigenvalue weighted by Crippen LogP contribution is 2.28. The first-order valence-corrected chi connectivity index (χ1v) is 8.86. The summed E-state index contributed by atoms with van der Waals surface area (Å²) < 4.78 is 10.2. The lowest BCUT2D eigenvalue weighted by Gasteiger charge is -2.22. The number of carbonyl (C=O) groups excluding carboxylic acids is 2. The molecule has 1 aliphatic rings. The van der Waals surface area contributed by atoms with E-state index in [1.807, 2.05) is 13.0 Å². The van der Waals surface area contributed by atoms with Gasteiger partial charge in [0.25, 0.3) is 0 Å². The van der Waals surface area contributed by atoms with Gasteiger partial charge in [0.15, 0.2) is 0 Å². The SMILES string of the molecule is CCOC(=O)N1CCCN(C(=O)Cc2cc(Cl)c(OC)cc2C)CC1. The first-order valence-electron chi connectivity index (χ1n) is 8.48. The molecule has 7 heteroatoms. The van der Waals surface area contributed by atoms with Crippen molar-refractivity contribution < 1.29 is 19.1 Å². The summed E-state index contributed by atoms with van der Waals surface area (Å²) in [6.07, 6.45) is 0.719. The molecule has 0 spiro atoms. The van der Waals surface area contributed by atoms with Gasteiger partial charge in [-0.05, 0) is 43.5 Å². The maximum Gasteiger partial charge on any atom is 0.409 e. The summed E-state index contributed by atoms with van der Waals surface area (Å²) in [4.78, 5) is 28.0. The van der Waals surface area contributed by atoms with Crippen LogP contribution in [0.15, 0.2) is 12.1 Å².